The zero-order chi connectivity index (χ0) is 14.7. The van der Waals surface area contributed by atoms with E-state index in [1.54, 1.807) is 18.2 Å². The lowest BCUT2D eigenvalue weighted by molar-refractivity contribution is -0.384. The highest BCUT2D eigenvalue weighted by Crippen LogP contribution is 2.28. The minimum Gasteiger partial charge on any atom is -0.508 e. The van der Waals surface area contributed by atoms with Crippen molar-refractivity contribution in [3.8, 4) is 11.5 Å². The second-order valence-corrected chi connectivity index (χ2v) is 4.44. The van der Waals surface area contributed by atoms with Crippen LogP contribution >= 0.6 is 0 Å². The van der Waals surface area contributed by atoms with Crippen LogP contribution in [0.2, 0.25) is 0 Å². The molecule has 2 rings (SSSR count). The minimum absolute atomic E-state index is 0.0196. The molecule has 0 saturated carbocycles. The highest BCUT2D eigenvalue weighted by Gasteiger charge is 2.13. The van der Waals surface area contributed by atoms with Gasteiger partial charge in [0.05, 0.1) is 4.92 Å². The van der Waals surface area contributed by atoms with Crippen molar-refractivity contribution in [1.29, 1.82) is 0 Å². The Balaban J connectivity index is 2.22. The molecule has 0 amide bonds. The monoisotopic (exact) mass is 274 g/mol. The summed E-state index contributed by atoms with van der Waals surface area (Å²) in [6, 6.07) is 9.01. The molecule has 0 aliphatic rings. The van der Waals surface area contributed by atoms with Crippen LogP contribution in [0.1, 0.15) is 11.1 Å². The van der Waals surface area contributed by atoms with Crippen LogP contribution in [-0.4, -0.2) is 15.1 Å². The molecule has 2 aromatic rings. The van der Waals surface area contributed by atoms with E-state index in [1.807, 2.05) is 6.92 Å². The summed E-state index contributed by atoms with van der Waals surface area (Å²) >= 11 is 0. The number of anilines is 1. The maximum atomic E-state index is 10.9. The fraction of sp³-hybridized carbons (Fsp3) is 0.143. The Morgan fingerprint density at radius 1 is 1.20 bits per heavy atom. The molecule has 20 heavy (non-hydrogen) atoms. The van der Waals surface area contributed by atoms with Gasteiger partial charge in [-0.3, -0.25) is 10.1 Å². The van der Waals surface area contributed by atoms with Gasteiger partial charge < -0.3 is 15.5 Å². The van der Waals surface area contributed by atoms with Crippen molar-refractivity contribution in [1.82, 2.24) is 0 Å². The van der Waals surface area contributed by atoms with Gasteiger partial charge in [-0.05, 0) is 30.7 Å². The van der Waals surface area contributed by atoms with Gasteiger partial charge in [0.25, 0.3) is 5.69 Å². The maximum Gasteiger partial charge on any atom is 0.292 e. The highest BCUT2D eigenvalue weighted by atomic mass is 16.6. The van der Waals surface area contributed by atoms with E-state index in [0.717, 1.165) is 5.56 Å². The fourth-order valence-electron chi connectivity index (χ4n) is 1.84. The molecule has 6 nitrogen and oxygen atoms in total. The van der Waals surface area contributed by atoms with E-state index >= 15 is 0 Å². The van der Waals surface area contributed by atoms with E-state index in [4.69, 9.17) is 0 Å². The summed E-state index contributed by atoms with van der Waals surface area (Å²) in [4.78, 5) is 10.5. The van der Waals surface area contributed by atoms with Crippen LogP contribution in [0.4, 0.5) is 11.4 Å². The SMILES string of the molecule is Cc1ccc([N+](=O)[O-])c(NCc2ccc(O)cc2O)c1. The first kappa shape index (κ1) is 13.7. The third-order valence-electron chi connectivity index (χ3n) is 2.89. The highest BCUT2D eigenvalue weighted by molar-refractivity contribution is 5.63. The Morgan fingerprint density at radius 2 is 1.95 bits per heavy atom. The summed E-state index contributed by atoms with van der Waals surface area (Å²) in [6.07, 6.45) is 0. The number of hydrogen-bond acceptors (Lipinski definition) is 5. The van der Waals surface area contributed by atoms with Gasteiger partial charge in [0.1, 0.15) is 17.2 Å². The summed E-state index contributed by atoms with van der Waals surface area (Å²) in [5, 5.41) is 32.7. The average molecular weight is 274 g/mol. The molecule has 104 valence electrons. The van der Waals surface area contributed by atoms with Crippen molar-refractivity contribution < 1.29 is 15.1 Å². The number of aryl methyl sites for hydroxylation is 1. The van der Waals surface area contributed by atoms with Crippen LogP contribution in [0.15, 0.2) is 36.4 Å². The van der Waals surface area contributed by atoms with Crippen molar-refractivity contribution in [2.75, 3.05) is 5.32 Å². The molecule has 6 heteroatoms. The third-order valence-corrected chi connectivity index (χ3v) is 2.89. The van der Waals surface area contributed by atoms with Crippen LogP contribution in [0.3, 0.4) is 0 Å². The summed E-state index contributed by atoms with van der Waals surface area (Å²) in [5.41, 5.74) is 1.81. The van der Waals surface area contributed by atoms with E-state index in [1.165, 1.54) is 18.2 Å². The Labute approximate surface area is 115 Å². The van der Waals surface area contributed by atoms with Crippen molar-refractivity contribution in [3.05, 3.63) is 57.6 Å². The van der Waals surface area contributed by atoms with Crippen LogP contribution in [0, 0.1) is 17.0 Å². The van der Waals surface area contributed by atoms with Gasteiger partial charge in [-0.15, -0.1) is 0 Å². The number of benzene rings is 2. The van der Waals surface area contributed by atoms with E-state index in [0.29, 0.717) is 11.3 Å². The predicted molar refractivity (Wildman–Crippen MR) is 74.9 cm³/mol. The molecule has 0 aliphatic heterocycles. The molecule has 0 saturated heterocycles. The Bertz CT molecular complexity index is 656. The lowest BCUT2D eigenvalue weighted by atomic mass is 10.1. The number of phenolic OH excluding ortho intramolecular Hbond substituents is 2. The van der Waals surface area contributed by atoms with Crippen molar-refractivity contribution in [2.24, 2.45) is 0 Å². The number of phenols is 2. The van der Waals surface area contributed by atoms with E-state index in [9.17, 15) is 20.3 Å². The first-order valence-electron chi connectivity index (χ1n) is 5.97. The molecular formula is C14H14N2O4. The van der Waals surface area contributed by atoms with E-state index in [-0.39, 0.29) is 23.7 Å². The van der Waals surface area contributed by atoms with E-state index in [2.05, 4.69) is 5.32 Å². The number of aromatic hydroxyl groups is 2. The van der Waals surface area contributed by atoms with Gasteiger partial charge >= 0.3 is 0 Å². The van der Waals surface area contributed by atoms with Crippen molar-refractivity contribution in [2.45, 2.75) is 13.5 Å². The average Bonchev–Trinajstić information content (AvgIpc) is 2.37. The van der Waals surface area contributed by atoms with Gasteiger partial charge in [-0.2, -0.15) is 0 Å². The van der Waals surface area contributed by atoms with Gasteiger partial charge in [-0.1, -0.05) is 6.07 Å². The number of nitrogens with zero attached hydrogens (tertiary/aromatic N) is 1. The van der Waals surface area contributed by atoms with Crippen molar-refractivity contribution >= 4 is 11.4 Å². The fourth-order valence-corrected chi connectivity index (χ4v) is 1.84. The number of hydrogen-bond donors (Lipinski definition) is 3. The van der Waals surface area contributed by atoms with Crippen molar-refractivity contribution in [3.63, 3.8) is 0 Å². The molecular weight excluding hydrogens is 260 g/mol. The smallest absolute Gasteiger partial charge is 0.292 e. The van der Waals surface area contributed by atoms with Crippen LogP contribution in [-0.2, 0) is 6.54 Å². The second kappa shape index (κ2) is 5.48. The zero-order valence-electron chi connectivity index (χ0n) is 10.8. The third kappa shape index (κ3) is 2.97. The van der Waals surface area contributed by atoms with E-state index < -0.39 is 4.92 Å². The second-order valence-electron chi connectivity index (χ2n) is 4.44. The topological polar surface area (TPSA) is 95.6 Å². The molecule has 0 heterocycles. The molecule has 0 aliphatic carbocycles. The molecule has 0 bridgehead atoms. The lowest BCUT2D eigenvalue weighted by Crippen LogP contribution is -2.03. The Kier molecular flexibility index (Phi) is 3.74. The maximum absolute atomic E-state index is 10.9. The summed E-state index contributed by atoms with van der Waals surface area (Å²) in [7, 11) is 0. The van der Waals surface area contributed by atoms with Crippen LogP contribution < -0.4 is 5.32 Å². The molecule has 2 aromatic carbocycles. The zero-order valence-corrected chi connectivity index (χ0v) is 10.8. The molecule has 0 radical (unpaired) electrons. The van der Waals surface area contributed by atoms with Gasteiger partial charge in [0.15, 0.2) is 0 Å². The summed E-state index contributed by atoms with van der Waals surface area (Å²) in [5.74, 6) is -0.0967. The van der Waals surface area contributed by atoms with Crippen LogP contribution in [0.25, 0.3) is 0 Å². The Hall–Kier alpha value is -2.76. The van der Waals surface area contributed by atoms with Crippen LogP contribution in [0.5, 0.6) is 11.5 Å². The molecule has 3 N–H and O–H groups in total. The predicted octanol–water partition coefficient (Wildman–Crippen LogP) is 2.93. The lowest BCUT2D eigenvalue weighted by Gasteiger charge is -2.09. The quantitative estimate of drug-likeness (QED) is 0.588. The van der Waals surface area contributed by atoms with Gasteiger partial charge in [0.2, 0.25) is 0 Å². The normalized spacial score (nSPS) is 10.2. The Morgan fingerprint density at radius 3 is 2.60 bits per heavy atom. The molecule has 0 aromatic heterocycles. The molecule has 0 atom stereocenters. The first-order valence-corrected chi connectivity index (χ1v) is 5.97. The number of nitrogens with one attached hydrogen (secondary N) is 1. The molecule has 0 unspecified atom stereocenters. The van der Waals surface area contributed by atoms with Gasteiger partial charge in [-0.25, -0.2) is 0 Å². The summed E-state index contributed by atoms with van der Waals surface area (Å²) in [6.45, 7) is 2.06. The molecule has 0 fully saturated rings. The number of nitro groups is 1. The first-order chi connectivity index (χ1) is 9.47. The largest absolute Gasteiger partial charge is 0.508 e. The summed E-state index contributed by atoms with van der Waals surface area (Å²) < 4.78 is 0. The number of rotatable bonds is 4. The number of nitro benzene ring substituents is 1. The molecule has 0 spiro atoms. The van der Waals surface area contributed by atoms with Gasteiger partial charge in [0, 0.05) is 24.2 Å². The minimum atomic E-state index is -0.460. The standard InChI is InChI=1S/C14H14N2O4/c1-9-2-5-13(16(19)20)12(6-9)15-8-10-3-4-11(17)7-14(10)18/h2-7,15,17-18H,8H2,1H3.